The van der Waals surface area contributed by atoms with Crippen molar-refractivity contribution in [3.8, 4) is 0 Å². The third-order valence-electron chi connectivity index (χ3n) is 5.05. The summed E-state index contributed by atoms with van der Waals surface area (Å²) in [5.74, 6) is -1.04. The van der Waals surface area contributed by atoms with E-state index >= 15 is 0 Å². The quantitative estimate of drug-likeness (QED) is 0.591. The van der Waals surface area contributed by atoms with Gasteiger partial charge in [0.25, 0.3) is 11.8 Å². The first kappa shape index (κ1) is 23.3. The van der Waals surface area contributed by atoms with E-state index in [0.29, 0.717) is 16.4 Å². The number of amidine groups is 1. The molecule has 3 rings (SSSR count). The highest BCUT2D eigenvalue weighted by molar-refractivity contribution is 8.15. The van der Waals surface area contributed by atoms with Crippen LogP contribution in [-0.2, 0) is 19.4 Å². The van der Waals surface area contributed by atoms with Crippen LogP contribution >= 0.6 is 11.8 Å². The molecule has 1 atom stereocenters. The van der Waals surface area contributed by atoms with Gasteiger partial charge >= 0.3 is 0 Å². The van der Waals surface area contributed by atoms with Crippen molar-refractivity contribution >= 4 is 50.2 Å². The van der Waals surface area contributed by atoms with Gasteiger partial charge in [-0.15, -0.1) is 0 Å². The summed E-state index contributed by atoms with van der Waals surface area (Å²) in [6.07, 6.45) is 2.20. The Hall–Kier alpha value is -2.40. The zero-order valence-electron chi connectivity index (χ0n) is 17.3. The molecule has 0 aromatic heterocycles. The van der Waals surface area contributed by atoms with Crippen LogP contribution in [0, 0.1) is 0 Å². The first-order chi connectivity index (χ1) is 14.8. The van der Waals surface area contributed by atoms with Crippen LogP contribution < -0.4 is 10.6 Å². The number of likely N-dealkylation sites (tertiary alicyclic amines) is 1. The first-order valence-electron chi connectivity index (χ1n) is 10.2. The zero-order valence-corrected chi connectivity index (χ0v) is 18.9. The van der Waals surface area contributed by atoms with Crippen LogP contribution in [0.25, 0.3) is 0 Å². The zero-order chi connectivity index (χ0) is 22.4. The van der Waals surface area contributed by atoms with Crippen LogP contribution in [0.1, 0.15) is 36.5 Å². The maximum absolute atomic E-state index is 12.3. The minimum atomic E-state index is -3.14. The van der Waals surface area contributed by atoms with Crippen molar-refractivity contribution in [2.24, 2.45) is 4.99 Å². The van der Waals surface area contributed by atoms with Gasteiger partial charge in [0.1, 0.15) is 5.25 Å². The van der Waals surface area contributed by atoms with Crippen molar-refractivity contribution in [3.63, 3.8) is 0 Å². The predicted molar refractivity (Wildman–Crippen MR) is 121 cm³/mol. The number of carbonyl (C=O) groups excluding carboxylic acids is 3. The Balaban J connectivity index is 1.45. The minimum Gasteiger partial charge on any atom is -0.351 e. The summed E-state index contributed by atoms with van der Waals surface area (Å²) in [4.78, 5) is 42.8. The molecule has 11 heteroatoms. The molecular formula is C20H26N4O5S2. The van der Waals surface area contributed by atoms with Gasteiger partial charge in [-0.1, -0.05) is 18.7 Å². The number of nitrogens with one attached hydrogen (secondary N) is 2. The Morgan fingerprint density at radius 3 is 2.52 bits per heavy atom. The van der Waals surface area contributed by atoms with Crippen LogP contribution in [0.3, 0.4) is 0 Å². The summed E-state index contributed by atoms with van der Waals surface area (Å²) in [6, 6.07) is 6.27. The second-order valence-electron chi connectivity index (χ2n) is 7.36. The molecule has 0 spiro atoms. The lowest BCUT2D eigenvalue weighted by Gasteiger charge is -2.16. The van der Waals surface area contributed by atoms with Gasteiger partial charge in [0.15, 0.2) is 15.0 Å². The molecule has 1 unspecified atom stereocenters. The van der Waals surface area contributed by atoms with Gasteiger partial charge in [-0.25, -0.2) is 8.42 Å². The Bertz CT molecular complexity index is 970. The summed E-state index contributed by atoms with van der Waals surface area (Å²) in [5, 5.41) is 5.49. The van der Waals surface area contributed by atoms with Crippen LogP contribution in [0.5, 0.6) is 0 Å². The van der Waals surface area contributed by atoms with E-state index in [4.69, 9.17) is 0 Å². The van der Waals surface area contributed by atoms with E-state index < -0.39 is 15.1 Å². The largest absolute Gasteiger partial charge is 0.351 e. The molecule has 1 aromatic carbocycles. The molecule has 3 amide bonds. The highest BCUT2D eigenvalue weighted by Crippen LogP contribution is 2.29. The summed E-state index contributed by atoms with van der Waals surface area (Å²) in [5.41, 5.74) is 0.864. The Morgan fingerprint density at radius 1 is 1.19 bits per heavy atom. The highest BCUT2D eigenvalue weighted by Gasteiger charge is 2.33. The fraction of sp³-hybridized carbons (Fsp3) is 0.500. The first-order valence-corrected chi connectivity index (χ1v) is 12.9. The molecular weight excluding hydrogens is 440 g/mol. The summed E-state index contributed by atoms with van der Waals surface area (Å²) in [6.45, 7) is 3.39. The van der Waals surface area contributed by atoms with E-state index in [0.717, 1.165) is 25.9 Å². The minimum absolute atomic E-state index is 0.0263. The lowest BCUT2D eigenvalue weighted by molar-refractivity contribution is -0.121. The lowest BCUT2D eigenvalue weighted by atomic mass is 10.2. The number of hydrogen-bond acceptors (Lipinski definition) is 7. The van der Waals surface area contributed by atoms with Crippen LogP contribution in [0.15, 0.2) is 29.3 Å². The third kappa shape index (κ3) is 6.54. The highest BCUT2D eigenvalue weighted by atomic mass is 32.2. The molecule has 0 saturated carbocycles. The average molecular weight is 467 g/mol. The number of hydrogen-bond donors (Lipinski definition) is 2. The molecule has 1 fully saturated rings. The van der Waals surface area contributed by atoms with E-state index in [-0.39, 0.29) is 42.2 Å². The van der Waals surface area contributed by atoms with Crippen molar-refractivity contribution in [3.05, 3.63) is 29.8 Å². The number of nitrogens with zero attached hydrogens (tertiary/aromatic N) is 2. The molecule has 168 valence electrons. The molecule has 9 nitrogen and oxygen atoms in total. The molecule has 0 aliphatic carbocycles. The van der Waals surface area contributed by atoms with Crippen LogP contribution in [-0.4, -0.2) is 72.6 Å². The number of benzene rings is 1. The second kappa shape index (κ2) is 10.3. The fourth-order valence-electron chi connectivity index (χ4n) is 3.20. The van der Waals surface area contributed by atoms with Crippen LogP contribution in [0.4, 0.5) is 5.69 Å². The van der Waals surface area contributed by atoms with Crippen LogP contribution in [0.2, 0.25) is 0 Å². The fourth-order valence-corrected chi connectivity index (χ4v) is 5.02. The summed E-state index contributed by atoms with van der Waals surface area (Å²) >= 11 is 1.34. The monoisotopic (exact) mass is 466 g/mol. The van der Waals surface area contributed by atoms with E-state index in [1.54, 1.807) is 31.2 Å². The summed E-state index contributed by atoms with van der Waals surface area (Å²) in [7, 11) is -3.14. The van der Waals surface area contributed by atoms with E-state index in [1.807, 2.05) is 0 Å². The maximum Gasteiger partial charge on any atom is 0.262 e. The van der Waals surface area contributed by atoms with Gasteiger partial charge in [-0.2, -0.15) is 4.99 Å². The number of amides is 3. The molecule has 0 radical (unpaired) electrons. The molecule has 2 aliphatic rings. The summed E-state index contributed by atoms with van der Waals surface area (Å²) < 4.78 is 22.9. The van der Waals surface area contributed by atoms with Gasteiger partial charge in [-0.05, 0) is 37.1 Å². The van der Waals surface area contributed by atoms with E-state index in [9.17, 15) is 22.8 Å². The number of carbonyl (C=O) groups is 3. The number of rotatable bonds is 8. The third-order valence-corrected chi connectivity index (χ3v) is 7.96. The van der Waals surface area contributed by atoms with Gasteiger partial charge in [0.2, 0.25) is 5.91 Å². The molecule has 2 aliphatic heterocycles. The van der Waals surface area contributed by atoms with E-state index in [2.05, 4.69) is 20.5 Å². The smallest absolute Gasteiger partial charge is 0.262 e. The van der Waals surface area contributed by atoms with Gasteiger partial charge in [-0.3, -0.25) is 14.4 Å². The average Bonchev–Trinajstić information content (AvgIpc) is 3.39. The molecule has 1 aromatic rings. The lowest BCUT2D eigenvalue weighted by Crippen LogP contribution is -2.29. The van der Waals surface area contributed by atoms with Crippen molar-refractivity contribution in [2.75, 3.05) is 36.5 Å². The molecule has 31 heavy (non-hydrogen) atoms. The Morgan fingerprint density at radius 2 is 1.87 bits per heavy atom. The van der Waals surface area contributed by atoms with Gasteiger partial charge < -0.3 is 15.5 Å². The predicted octanol–water partition coefficient (Wildman–Crippen LogP) is 1.27. The maximum atomic E-state index is 12.3. The van der Waals surface area contributed by atoms with Crippen molar-refractivity contribution in [1.29, 1.82) is 0 Å². The number of anilines is 1. The molecule has 1 saturated heterocycles. The Labute approximate surface area is 186 Å². The topological polar surface area (TPSA) is 125 Å². The molecule has 2 N–H and O–H groups in total. The standard InChI is InChI=1S/C20H26N4O5S2/c1-2-31(28,29)12-9-21-18(26)14-5-7-15(8-6-14)22-17(25)13-16-19(27)23-20(30-16)24-10-3-4-11-24/h5-8,16H,2-4,9-13H2,1H3,(H,21,26)(H,22,25). The SMILES string of the molecule is CCS(=O)(=O)CCNC(=O)c1ccc(NC(=O)CC2SC(N3CCCC3)=NC2=O)cc1. The normalized spacial score (nSPS) is 18.7. The second-order valence-corrected chi connectivity index (χ2v) is 11.0. The van der Waals surface area contributed by atoms with Gasteiger partial charge in [0, 0.05) is 43.1 Å². The van der Waals surface area contributed by atoms with Crippen molar-refractivity contribution in [1.82, 2.24) is 10.2 Å². The number of thioether (sulfide) groups is 1. The van der Waals surface area contributed by atoms with Crippen molar-refractivity contribution in [2.45, 2.75) is 31.4 Å². The van der Waals surface area contributed by atoms with Gasteiger partial charge in [0.05, 0.1) is 5.75 Å². The number of aliphatic imine (C=N–C) groups is 1. The van der Waals surface area contributed by atoms with E-state index in [1.165, 1.54) is 11.8 Å². The van der Waals surface area contributed by atoms with Crippen molar-refractivity contribution < 1.29 is 22.8 Å². The molecule has 2 heterocycles. The Kier molecular flexibility index (Phi) is 7.71. The number of sulfone groups is 1. The molecule has 0 bridgehead atoms.